The number of pyridine rings is 1. The third-order valence-electron chi connectivity index (χ3n) is 3.37. The molecule has 3 rings (SSSR count). The third kappa shape index (κ3) is 2.43. The van der Waals surface area contributed by atoms with Gasteiger partial charge in [0.15, 0.2) is 0 Å². The molecule has 0 radical (unpaired) electrons. The van der Waals surface area contributed by atoms with Crippen molar-refractivity contribution in [3.8, 4) is 0 Å². The normalized spacial score (nSPS) is 10.7. The topological polar surface area (TPSA) is 80.0 Å². The molecule has 0 bridgehead atoms. The Hall–Kier alpha value is -2.89. The highest BCUT2D eigenvalue weighted by atomic mass is 16.4. The van der Waals surface area contributed by atoms with Crippen LogP contribution in [0.2, 0.25) is 0 Å². The smallest absolute Gasteiger partial charge is 0.339 e. The van der Waals surface area contributed by atoms with Crippen LogP contribution in [0.5, 0.6) is 0 Å². The zero-order valence-corrected chi connectivity index (χ0v) is 11.4. The van der Waals surface area contributed by atoms with Gasteiger partial charge in [0.1, 0.15) is 5.56 Å². The van der Waals surface area contributed by atoms with Crippen molar-refractivity contribution in [2.24, 2.45) is 7.05 Å². The van der Waals surface area contributed by atoms with Crippen LogP contribution in [-0.4, -0.2) is 25.8 Å². The van der Waals surface area contributed by atoms with Crippen LogP contribution in [0.3, 0.4) is 0 Å². The number of fused-ring (bicyclic) bond motifs is 1. The SMILES string of the molecule is Cn1nccc1CNc1c(C(=O)O)cnc2ccccc12. The lowest BCUT2D eigenvalue weighted by atomic mass is 10.1. The van der Waals surface area contributed by atoms with Crippen LogP contribution >= 0.6 is 0 Å². The Morgan fingerprint density at radius 2 is 2.14 bits per heavy atom. The van der Waals surface area contributed by atoms with Gasteiger partial charge >= 0.3 is 5.97 Å². The predicted octanol–water partition coefficient (Wildman–Crippen LogP) is 2.28. The van der Waals surface area contributed by atoms with Crippen molar-refractivity contribution in [3.63, 3.8) is 0 Å². The molecule has 2 heterocycles. The van der Waals surface area contributed by atoms with Gasteiger partial charge in [0, 0.05) is 24.8 Å². The van der Waals surface area contributed by atoms with Gasteiger partial charge in [-0.15, -0.1) is 0 Å². The van der Waals surface area contributed by atoms with Gasteiger partial charge in [-0.1, -0.05) is 18.2 Å². The highest BCUT2D eigenvalue weighted by molar-refractivity contribution is 6.04. The number of carboxylic acids is 1. The van der Waals surface area contributed by atoms with Crippen molar-refractivity contribution in [1.82, 2.24) is 14.8 Å². The summed E-state index contributed by atoms with van der Waals surface area (Å²) in [5.41, 5.74) is 2.47. The Morgan fingerprint density at radius 3 is 2.86 bits per heavy atom. The number of aromatic carboxylic acids is 1. The van der Waals surface area contributed by atoms with Crippen molar-refractivity contribution in [1.29, 1.82) is 0 Å². The largest absolute Gasteiger partial charge is 0.478 e. The first-order chi connectivity index (χ1) is 10.2. The maximum atomic E-state index is 11.4. The number of aromatic nitrogens is 3. The van der Waals surface area contributed by atoms with Crippen molar-refractivity contribution in [2.75, 3.05) is 5.32 Å². The summed E-state index contributed by atoms with van der Waals surface area (Å²) in [5.74, 6) is -0.999. The molecule has 0 aliphatic rings. The van der Waals surface area contributed by atoms with E-state index in [0.717, 1.165) is 16.6 Å². The highest BCUT2D eigenvalue weighted by Crippen LogP contribution is 2.26. The van der Waals surface area contributed by atoms with E-state index in [0.29, 0.717) is 12.2 Å². The second-order valence-electron chi connectivity index (χ2n) is 4.67. The number of rotatable bonds is 4. The van der Waals surface area contributed by atoms with Gasteiger partial charge in [-0.2, -0.15) is 5.10 Å². The number of anilines is 1. The van der Waals surface area contributed by atoms with E-state index in [9.17, 15) is 9.90 Å². The minimum atomic E-state index is -0.999. The Labute approximate surface area is 121 Å². The lowest BCUT2D eigenvalue weighted by Crippen LogP contribution is -2.10. The zero-order valence-electron chi connectivity index (χ0n) is 11.4. The number of hydrogen-bond acceptors (Lipinski definition) is 4. The molecule has 2 aromatic heterocycles. The lowest BCUT2D eigenvalue weighted by molar-refractivity contribution is 0.0697. The number of hydrogen-bond donors (Lipinski definition) is 2. The Kier molecular flexibility index (Phi) is 3.27. The van der Waals surface area contributed by atoms with Crippen molar-refractivity contribution >= 4 is 22.6 Å². The third-order valence-corrected chi connectivity index (χ3v) is 3.37. The number of carbonyl (C=O) groups is 1. The molecular weight excluding hydrogens is 268 g/mol. The number of carboxylic acid groups (broad SMARTS) is 1. The molecule has 1 aromatic carbocycles. The van der Waals surface area contributed by atoms with E-state index in [-0.39, 0.29) is 5.56 Å². The molecule has 0 unspecified atom stereocenters. The van der Waals surface area contributed by atoms with Gasteiger partial charge in [0.05, 0.1) is 23.4 Å². The van der Waals surface area contributed by atoms with Crippen molar-refractivity contribution in [2.45, 2.75) is 6.54 Å². The number of nitrogens with one attached hydrogen (secondary N) is 1. The number of aryl methyl sites for hydroxylation is 1. The maximum Gasteiger partial charge on any atom is 0.339 e. The molecule has 0 aliphatic heterocycles. The van der Waals surface area contributed by atoms with E-state index in [1.165, 1.54) is 6.20 Å². The molecule has 0 fully saturated rings. The summed E-state index contributed by atoms with van der Waals surface area (Å²) in [6, 6.07) is 9.35. The van der Waals surface area contributed by atoms with Crippen LogP contribution in [-0.2, 0) is 13.6 Å². The van der Waals surface area contributed by atoms with Crippen LogP contribution < -0.4 is 5.32 Å². The summed E-state index contributed by atoms with van der Waals surface area (Å²) >= 11 is 0. The summed E-state index contributed by atoms with van der Waals surface area (Å²) in [7, 11) is 1.85. The van der Waals surface area contributed by atoms with Crippen molar-refractivity contribution in [3.05, 3.63) is 54.0 Å². The first-order valence-electron chi connectivity index (χ1n) is 6.48. The summed E-state index contributed by atoms with van der Waals surface area (Å²) in [4.78, 5) is 15.6. The van der Waals surface area contributed by atoms with Crippen LogP contribution in [0.25, 0.3) is 10.9 Å². The molecular formula is C15H14N4O2. The van der Waals surface area contributed by atoms with Crippen LogP contribution in [0, 0.1) is 0 Å². The maximum absolute atomic E-state index is 11.4. The van der Waals surface area contributed by atoms with Gasteiger partial charge in [-0.05, 0) is 12.1 Å². The molecule has 6 nitrogen and oxygen atoms in total. The van der Waals surface area contributed by atoms with Gasteiger partial charge in [-0.25, -0.2) is 4.79 Å². The minimum Gasteiger partial charge on any atom is -0.478 e. The van der Waals surface area contributed by atoms with E-state index in [4.69, 9.17) is 0 Å². The zero-order chi connectivity index (χ0) is 14.8. The lowest BCUT2D eigenvalue weighted by Gasteiger charge is -2.12. The van der Waals surface area contributed by atoms with Gasteiger partial charge in [0.25, 0.3) is 0 Å². The van der Waals surface area contributed by atoms with E-state index >= 15 is 0 Å². The number of nitrogens with zero attached hydrogens (tertiary/aromatic N) is 3. The van der Waals surface area contributed by atoms with Gasteiger partial charge < -0.3 is 10.4 Å². The summed E-state index contributed by atoms with van der Waals surface area (Å²) in [6.45, 7) is 0.491. The van der Waals surface area contributed by atoms with E-state index in [1.54, 1.807) is 10.9 Å². The first kappa shape index (κ1) is 13.1. The fourth-order valence-corrected chi connectivity index (χ4v) is 2.25. The van der Waals surface area contributed by atoms with E-state index < -0.39 is 5.97 Å². The Balaban J connectivity index is 2.04. The standard InChI is InChI=1S/C15H14N4O2/c1-19-10(6-7-18-19)8-17-14-11-4-2-3-5-13(11)16-9-12(14)15(20)21/h2-7,9H,8H2,1H3,(H,16,17)(H,20,21). The quantitative estimate of drug-likeness (QED) is 0.767. The Morgan fingerprint density at radius 1 is 1.33 bits per heavy atom. The molecule has 2 N–H and O–H groups in total. The molecule has 21 heavy (non-hydrogen) atoms. The fraction of sp³-hybridized carbons (Fsp3) is 0.133. The van der Waals surface area contributed by atoms with Crippen LogP contribution in [0.15, 0.2) is 42.7 Å². The van der Waals surface area contributed by atoms with E-state index in [1.807, 2.05) is 37.4 Å². The summed E-state index contributed by atoms with van der Waals surface area (Å²) in [5, 5.41) is 17.4. The first-order valence-corrected chi connectivity index (χ1v) is 6.48. The van der Waals surface area contributed by atoms with Gasteiger partial charge in [0.2, 0.25) is 0 Å². The van der Waals surface area contributed by atoms with E-state index in [2.05, 4.69) is 15.4 Å². The van der Waals surface area contributed by atoms with Crippen LogP contribution in [0.1, 0.15) is 16.1 Å². The molecule has 106 valence electrons. The second-order valence-corrected chi connectivity index (χ2v) is 4.67. The molecule has 3 aromatic rings. The van der Waals surface area contributed by atoms with Gasteiger partial charge in [-0.3, -0.25) is 9.67 Å². The average Bonchev–Trinajstić information content (AvgIpc) is 2.89. The Bertz CT molecular complexity index is 810. The summed E-state index contributed by atoms with van der Waals surface area (Å²) in [6.07, 6.45) is 3.09. The molecule has 6 heteroatoms. The molecule has 0 saturated carbocycles. The number of para-hydroxylation sites is 1. The molecule has 0 spiro atoms. The molecule has 0 saturated heterocycles. The predicted molar refractivity (Wildman–Crippen MR) is 79.2 cm³/mol. The fourth-order valence-electron chi connectivity index (χ4n) is 2.25. The average molecular weight is 282 g/mol. The second kappa shape index (κ2) is 5.24. The van der Waals surface area contributed by atoms with Crippen molar-refractivity contribution < 1.29 is 9.90 Å². The molecule has 0 amide bonds. The number of benzene rings is 1. The minimum absolute atomic E-state index is 0.163. The van der Waals surface area contributed by atoms with Crippen LogP contribution in [0.4, 0.5) is 5.69 Å². The molecule has 0 atom stereocenters. The summed E-state index contributed by atoms with van der Waals surface area (Å²) < 4.78 is 1.75. The molecule has 0 aliphatic carbocycles. The highest BCUT2D eigenvalue weighted by Gasteiger charge is 2.14. The monoisotopic (exact) mass is 282 g/mol.